The van der Waals surface area contributed by atoms with Crippen molar-refractivity contribution in [2.24, 2.45) is 17.8 Å². The summed E-state index contributed by atoms with van der Waals surface area (Å²) in [4.78, 5) is 0. The molecule has 0 heterocycles. The number of fused-ring (bicyclic) bond motifs is 1. The van der Waals surface area contributed by atoms with Gasteiger partial charge in [-0.1, -0.05) is 31.1 Å². The number of hydrogen-bond donors (Lipinski definition) is 0. The normalized spacial score (nSPS) is 35.3. The molecule has 1 saturated carbocycles. The fourth-order valence-corrected chi connectivity index (χ4v) is 3.38. The van der Waals surface area contributed by atoms with Gasteiger partial charge < -0.3 is 0 Å². The summed E-state index contributed by atoms with van der Waals surface area (Å²) in [6.07, 6.45) is 8.09. The molecular formula is C15H24. The summed E-state index contributed by atoms with van der Waals surface area (Å²) < 4.78 is 0. The zero-order chi connectivity index (χ0) is 11.0. The summed E-state index contributed by atoms with van der Waals surface area (Å²) in [5.41, 5.74) is 4.96. The highest BCUT2D eigenvalue weighted by Gasteiger charge is 2.34. The van der Waals surface area contributed by atoms with Crippen LogP contribution in [-0.2, 0) is 0 Å². The second kappa shape index (κ2) is 4.15. The molecule has 0 amide bonds. The van der Waals surface area contributed by atoms with Gasteiger partial charge in [-0.3, -0.25) is 0 Å². The van der Waals surface area contributed by atoms with Gasteiger partial charge in [0, 0.05) is 0 Å². The first-order chi connectivity index (χ1) is 7.09. The first kappa shape index (κ1) is 11.0. The van der Waals surface area contributed by atoms with Crippen molar-refractivity contribution in [1.82, 2.24) is 0 Å². The van der Waals surface area contributed by atoms with E-state index >= 15 is 0 Å². The van der Waals surface area contributed by atoms with Gasteiger partial charge in [0.05, 0.1) is 0 Å². The predicted molar refractivity (Wildman–Crippen MR) is 66.7 cm³/mol. The quantitative estimate of drug-likeness (QED) is 0.579. The van der Waals surface area contributed by atoms with Crippen LogP contribution in [0.1, 0.15) is 53.4 Å². The van der Waals surface area contributed by atoms with Gasteiger partial charge >= 0.3 is 0 Å². The second-order valence-corrected chi connectivity index (χ2v) is 5.80. The standard InChI is InChI=1S/C15H24/c1-10(2)9-15-12(4)5-7-13-11(3)6-8-14(13)15/h9,11-13H,5-8H2,1-4H3. The summed E-state index contributed by atoms with van der Waals surface area (Å²) >= 11 is 0. The fourth-order valence-electron chi connectivity index (χ4n) is 3.38. The van der Waals surface area contributed by atoms with E-state index in [9.17, 15) is 0 Å². The molecular weight excluding hydrogens is 180 g/mol. The van der Waals surface area contributed by atoms with Gasteiger partial charge in [-0.25, -0.2) is 0 Å². The van der Waals surface area contributed by atoms with Gasteiger partial charge in [-0.05, 0) is 62.9 Å². The Morgan fingerprint density at radius 3 is 2.53 bits per heavy atom. The first-order valence-corrected chi connectivity index (χ1v) is 6.47. The van der Waals surface area contributed by atoms with E-state index in [1.54, 1.807) is 5.57 Å². The van der Waals surface area contributed by atoms with Gasteiger partial charge in [0.25, 0.3) is 0 Å². The lowest BCUT2D eigenvalue weighted by atomic mass is 9.76. The molecule has 3 unspecified atom stereocenters. The zero-order valence-electron chi connectivity index (χ0n) is 10.6. The van der Waals surface area contributed by atoms with Crippen LogP contribution in [-0.4, -0.2) is 0 Å². The van der Waals surface area contributed by atoms with Crippen molar-refractivity contribution in [3.8, 4) is 0 Å². The van der Waals surface area contributed by atoms with Crippen LogP contribution in [0, 0.1) is 17.8 Å². The fraction of sp³-hybridized carbons (Fsp3) is 0.733. The van der Waals surface area contributed by atoms with Crippen molar-refractivity contribution in [2.45, 2.75) is 53.4 Å². The van der Waals surface area contributed by atoms with Crippen LogP contribution in [0.25, 0.3) is 0 Å². The van der Waals surface area contributed by atoms with Crippen molar-refractivity contribution < 1.29 is 0 Å². The molecule has 1 fully saturated rings. The van der Waals surface area contributed by atoms with E-state index in [4.69, 9.17) is 0 Å². The SMILES string of the molecule is CC(C)=CC1=C2CCC(C)C2CCC1C. The lowest BCUT2D eigenvalue weighted by Gasteiger charge is -2.29. The molecule has 0 aromatic carbocycles. The van der Waals surface area contributed by atoms with Crippen LogP contribution in [0.4, 0.5) is 0 Å². The molecule has 0 aromatic heterocycles. The molecule has 2 aliphatic carbocycles. The van der Waals surface area contributed by atoms with Crippen LogP contribution in [0.3, 0.4) is 0 Å². The highest BCUT2D eigenvalue weighted by molar-refractivity contribution is 5.35. The van der Waals surface area contributed by atoms with Gasteiger partial charge in [0.15, 0.2) is 0 Å². The van der Waals surface area contributed by atoms with Crippen LogP contribution >= 0.6 is 0 Å². The average Bonchev–Trinajstić information content (AvgIpc) is 2.52. The number of rotatable bonds is 1. The third-order valence-electron chi connectivity index (χ3n) is 4.26. The molecule has 0 saturated heterocycles. The maximum absolute atomic E-state index is 2.45. The maximum Gasteiger partial charge on any atom is -0.0171 e. The highest BCUT2D eigenvalue weighted by Crippen LogP contribution is 2.47. The molecule has 2 rings (SSSR count). The summed E-state index contributed by atoms with van der Waals surface area (Å²) in [7, 11) is 0. The van der Waals surface area contributed by atoms with E-state index in [-0.39, 0.29) is 0 Å². The Hall–Kier alpha value is -0.520. The zero-order valence-corrected chi connectivity index (χ0v) is 10.6. The van der Waals surface area contributed by atoms with E-state index in [1.807, 2.05) is 5.57 Å². The summed E-state index contributed by atoms with van der Waals surface area (Å²) in [5, 5.41) is 0. The second-order valence-electron chi connectivity index (χ2n) is 5.80. The Kier molecular flexibility index (Phi) is 3.04. The molecule has 0 N–H and O–H groups in total. The van der Waals surface area contributed by atoms with Crippen LogP contribution in [0.2, 0.25) is 0 Å². The molecule has 3 atom stereocenters. The minimum Gasteiger partial charge on any atom is -0.0762 e. The van der Waals surface area contributed by atoms with Crippen LogP contribution in [0.15, 0.2) is 22.8 Å². The van der Waals surface area contributed by atoms with E-state index < -0.39 is 0 Å². The van der Waals surface area contributed by atoms with Crippen LogP contribution in [0.5, 0.6) is 0 Å². The maximum atomic E-state index is 2.45. The van der Waals surface area contributed by atoms with Crippen molar-refractivity contribution in [3.05, 3.63) is 22.8 Å². The molecule has 0 nitrogen and oxygen atoms in total. The monoisotopic (exact) mass is 204 g/mol. The predicted octanol–water partition coefficient (Wildman–Crippen LogP) is 4.73. The third-order valence-corrected chi connectivity index (χ3v) is 4.26. The Balaban J connectivity index is 2.37. The minimum absolute atomic E-state index is 0.802. The van der Waals surface area contributed by atoms with Gasteiger partial charge in [0.2, 0.25) is 0 Å². The highest BCUT2D eigenvalue weighted by atomic mass is 14.4. The van der Waals surface area contributed by atoms with Gasteiger partial charge in [-0.2, -0.15) is 0 Å². The topological polar surface area (TPSA) is 0 Å². The van der Waals surface area contributed by atoms with E-state index in [0.29, 0.717) is 0 Å². The Morgan fingerprint density at radius 1 is 1.13 bits per heavy atom. The molecule has 0 aliphatic heterocycles. The van der Waals surface area contributed by atoms with E-state index in [2.05, 4.69) is 33.8 Å². The van der Waals surface area contributed by atoms with Gasteiger partial charge in [-0.15, -0.1) is 0 Å². The molecule has 0 heteroatoms. The Morgan fingerprint density at radius 2 is 1.87 bits per heavy atom. The lowest BCUT2D eigenvalue weighted by Crippen LogP contribution is -2.17. The number of hydrogen-bond acceptors (Lipinski definition) is 0. The first-order valence-electron chi connectivity index (χ1n) is 6.47. The van der Waals surface area contributed by atoms with E-state index in [1.165, 1.54) is 31.3 Å². The third kappa shape index (κ3) is 2.04. The van der Waals surface area contributed by atoms with Crippen molar-refractivity contribution in [2.75, 3.05) is 0 Å². The molecule has 0 aromatic rings. The summed E-state index contributed by atoms with van der Waals surface area (Å²) in [6, 6.07) is 0. The minimum atomic E-state index is 0.802. The lowest BCUT2D eigenvalue weighted by molar-refractivity contribution is 0.375. The largest absolute Gasteiger partial charge is 0.0762 e. The summed E-state index contributed by atoms with van der Waals surface area (Å²) in [6.45, 7) is 9.29. The molecule has 84 valence electrons. The van der Waals surface area contributed by atoms with Gasteiger partial charge in [0.1, 0.15) is 0 Å². The Bertz CT molecular complexity index is 302. The number of allylic oxidation sites excluding steroid dienone is 4. The Labute approximate surface area is 94.5 Å². The molecule has 0 spiro atoms. The van der Waals surface area contributed by atoms with E-state index in [0.717, 1.165) is 17.8 Å². The van der Waals surface area contributed by atoms with Crippen molar-refractivity contribution in [3.63, 3.8) is 0 Å². The average molecular weight is 204 g/mol. The van der Waals surface area contributed by atoms with Crippen LogP contribution < -0.4 is 0 Å². The molecule has 2 aliphatic rings. The molecule has 0 radical (unpaired) electrons. The summed E-state index contributed by atoms with van der Waals surface area (Å²) in [5.74, 6) is 2.66. The smallest absolute Gasteiger partial charge is 0.0171 e. The molecule has 15 heavy (non-hydrogen) atoms. The van der Waals surface area contributed by atoms with Crippen molar-refractivity contribution >= 4 is 0 Å². The molecule has 0 bridgehead atoms. The van der Waals surface area contributed by atoms with Crippen molar-refractivity contribution in [1.29, 1.82) is 0 Å².